The van der Waals surface area contributed by atoms with Crippen molar-refractivity contribution >= 4 is 29.6 Å². The lowest BCUT2D eigenvalue weighted by molar-refractivity contribution is -0.192. The summed E-state index contributed by atoms with van der Waals surface area (Å²) in [7, 11) is 1.57. The molecule has 30 heavy (non-hydrogen) atoms. The molecular formula is C19H20ClF3N2O5. The predicted octanol–water partition coefficient (Wildman–Crippen LogP) is 4.31. The first kappa shape index (κ1) is 25.0. The summed E-state index contributed by atoms with van der Waals surface area (Å²) in [5.41, 5.74) is 2.62. The van der Waals surface area contributed by atoms with Gasteiger partial charge >= 0.3 is 18.1 Å². The summed E-state index contributed by atoms with van der Waals surface area (Å²) in [6, 6.07) is 5.47. The molecule has 1 aromatic carbocycles. The van der Waals surface area contributed by atoms with Gasteiger partial charge in [0.25, 0.3) is 0 Å². The Kier molecular flexibility index (Phi) is 8.91. The first-order valence-electron chi connectivity index (χ1n) is 8.48. The van der Waals surface area contributed by atoms with Gasteiger partial charge in [0, 0.05) is 6.20 Å². The van der Waals surface area contributed by atoms with Gasteiger partial charge in [-0.2, -0.15) is 13.2 Å². The average molecular weight is 449 g/mol. The standard InChI is InChI=1S/C17H19ClN2O3.C2HF3O2/c1-4-14(18)13(17(21)22)7-12-5-6-15(16(8-12)23-3)20-9-11(2)19-10-20;3-2(4,5)1(6)7/h5-10,14H,4H2,1-3H3,(H,21,22);(H,6,7). The van der Waals surface area contributed by atoms with E-state index in [0.717, 1.165) is 16.9 Å². The maximum atomic E-state index is 11.4. The SMILES string of the molecule is CCC(Cl)C(=Cc1ccc(-n2cnc(C)c2)c(OC)c1)C(=O)O.O=C(O)C(F)(F)F. The number of carboxylic acids is 2. The summed E-state index contributed by atoms with van der Waals surface area (Å²) < 4.78 is 39.0. The number of aryl methyl sites for hydroxylation is 1. The van der Waals surface area contributed by atoms with Crippen LogP contribution < -0.4 is 4.74 Å². The zero-order chi connectivity index (χ0) is 23.1. The molecule has 0 bridgehead atoms. The lowest BCUT2D eigenvalue weighted by Gasteiger charge is -2.11. The molecule has 0 radical (unpaired) electrons. The van der Waals surface area contributed by atoms with Crippen LogP contribution in [0.4, 0.5) is 13.2 Å². The number of hydrogen-bond acceptors (Lipinski definition) is 4. The second-order valence-electron chi connectivity index (χ2n) is 5.94. The number of aromatic nitrogens is 2. The van der Waals surface area contributed by atoms with E-state index < -0.39 is 23.5 Å². The minimum Gasteiger partial charge on any atom is -0.495 e. The van der Waals surface area contributed by atoms with E-state index in [9.17, 15) is 23.1 Å². The molecule has 7 nitrogen and oxygen atoms in total. The third-order valence-corrected chi connectivity index (χ3v) is 4.24. The van der Waals surface area contributed by atoms with Gasteiger partial charge in [-0.25, -0.2) is 14.6 Å². The first-order chi connectivity index (χ1) is 13.9. The number of nitrogens with zero attached hydrogens (tertiary/aromatic N) is 2. The maximum absolute atomic E-state index is 11.4. The second kappa shape index (κ2) is 10.7. The Morgan fingerprint density at radius 2 is 1.93 bits per heavy atom. The van der Waals surface area contributed by atoms with Crippen molar-refractivity contribution in [2.45, 2.75) is 31.8 Å². The number of imidazole rings is 1. The topological polar surface area (TPSA) is 102 Å². The van der Waals surface area contributed by atoms with E-state index in [1.54, 1.807) is 25.6 Å². The Morgan fingerprint density at radius 1 is 1.33 bits per heavy atom. The van der Waals surface area contributed by atoms with Gasteiger partial charge in [0.15, 0.2) is 0 Å². The van der Waals surface area contributed by atoms with Crippen molar-refractivity contribution in [1.82, 2.24) is 9.55 Å². The molecule has 0 aliphatic carbocycles. The maximum Gasteiger partial charge on any atom is 0.490 e. The van der Waals surface area contributed by atoms with E-state index in [1.807, 2.05) is 36.7 Å². The van der Waals surface area contributed by atoms with Crippen LogP contribution >= 0.6 is 11.6 Å². The van der Waals surface area contributed by atoms with Crippen molar-refractivity contribution < 1.29 is 37.7 Å². The molecule has 2 aromatic rings. The van der Waals surface area contributed by atoms with Crippen LogP contribution in [0.3, 0.4) is 0 Å². The van der Waals surface area contributed by atoms with Gasteiger partial charge in [0.05, 0.1) is 35.8 Å². The molecule has 1 aromatic heterocycles. The molecule has 1 unspecified atom stereocenters. The summed E-state index contributed by atoms with van der Waals surface area (Å²) in [5.74, 6) is -3.14. The fourth-order valence-corrected chi connectivity index (χ4v) is 2.39. The molecule has 0 spiro atoms. The zero-order valence-electron chi connectivity index (χ0n) is 16.3. The first-order valence-corrected chi connectivity index (χ1v) is 8.92. The minimum absolute atomic E-state index is 0.169. The van der Waals surface area contributed by atoms with Crippen LogP contribution in [0, 0.1) is 6.92 Å². The molecule has 164 valence electrons. The highest BCUT2D eigenvalue weighted by Crippen LogP contribution is 2.27. The molecule has 0 amide bonds. The summed E-state index contributed by atoms with van der Waals surface area (Å²) in [4.78, 5) is 24.4. The molecule has 0 aliphatic heterocycles. The number of hydrogen-bond donors (Lipinski definition) is 2. The Morgan fingerprint density at radius 3 is 2.33 bits per heavy atom. The quantitative estimate of drug-likeness (QED) is 0.504. The lowest BCUT2D eigenvalue weighted by Crippen LogP contribution is -2.21. The largest absolute Gasteiger partial charge is 0.495 e. The summed E-state index contributed by atoms with van der Waals surface area (Å²) in [6.07, 6.45) is 0.636. The van der Waals surface area contributed by atoms with Crippen molar-refractivity contribution in [3.63, 3.8) is 0 Å². The van der Waals surface area contributed by atoms with E-state index in [0.29, 0.717) is 12.2 Å². The number of benzene rings is 1. The van der Waals surface area contributed by atoms with E-state index in [2.05, 4.69) is 4.98 Å². The summed E-state index contributed by atoms with van der Waals surface area (Å²) in [5, 5.41) is 15.9. The van der Waals surface area contributed by atoms with Crippen LogP contribution in [0.2, 0.25) is 0 Å². The number of carbonyl (C=O) groups is 2. The van der Waals surface area contributed by atoms with Gasteiger partial charge in [0.2, 0.25) is 0 Å². The molecule has 0 aliphatic rings. The van der Waals surface area contributed by atoms with Gasteiger partial charge in [-0.1, -0.05) is 13.0 Å². The van der Waals surface area contributed by atoms with Gasteiger partial charge < -0.3 is 19.5 Å². The number of carboxylic acid groups (broad SMARTS) is 2. The molecule has 2 rings (SSSR count). The van der Waals surface area contributed by atoms with Gasteiger partial charge in [-0.3, -0.25) is 0 Å². The van der Waals surface area contributed by atoms with Crippen molar-refractivity contribution in [1.29, 1.82) is 0 Å². The van der Waals surface area contributed by atoms with Crippen molar-refractivity contribution in [2.75, 3.05) is 7.11 Å². The normalized spacial score (nSPS) is 12.6. The highest BCUT2D eigenvalue weighted by atomic mass is 35.5. The smallest absolute Gasteiger partial charge is 0.490 e. The zero-order valence-corrected chi connectivity index (χ0v) is 17.0. The van der Waals surface area contributed by atoms with Crippen LogP contribution in [-0.4, -0.2) is 50.4 Å². The Bertz CT molecular complexity index is 925. The lowest BCUT2D eigenvalue weighted by atomic mass is 10.1. The molecular weight excluding hydrogens is 429 g/mol. The molecule has 0 saturated carbocycles. The van der Waals surface area contributed by atoms with Crippen LogP contribution in [0.15, 0.2) is 36.3 Å². The number of halogens is 4. The third kappa shape index (κ3) is 7.11. The molecule has 1 heterocycles. The predicted molar refractivity (Wildman–Crippen MR) is 104 cm³/mol. The Hall–Kier alpha value is -3.01. The summed E-state index contributed by atoms with van der Waals surface area (Å²) >= 11 is 6.09. The minimum atomic E-state index is -5.08. The van der Waals surface area contributed by atoms with Crippen molar-refractivity contribution in [3.05, 3.63) is 47.6 Å². The molecule has 0 fully saturated rings. The molecule has 0 saturated heterocycles. The average Bonchev–Trinajstić information content (AvgIpc) is 3.10. The number of ether oxygens (including phenoxy) is 1. The van der Waals surface area contributed by atoms with Crippen LogP contribution in [0.25, 0.3) is 11.8 Å². The number of methoxy groups -OCH3 is 1. The molecule has 1 atom stereocenters. The molecule has 2 N–H and O–H groups in total. The van der Waals surface area contributed by atoms with E-state index >= 15 is 0 Å². The van der Waals surface area contributed by atoms with Crippen LogP contribution in [0.1, 0.15) is 24.6 Å². The fraction of sp³-hybridized carbons (Fsp3) is 0.316. The van der Waals surface area contributed by atoms with Crippen molar-refractivity contribution in [3.8, 4) is 11.4 Å². The monoisotopic (exact) mass is 448 g/mol. The number of alkyl halides is 4. The van der Waals surface area contributed by atoms with E-state index in [1.165, 1.54) is 0 Å². The van der Waals surface area contributed by atoms with Crippen LogP contribution in [-0.2, 0) is 9.59 Å². The Balaban J connectivity index is 0.000000553. The highest BCUT2D eigenvalue weighted by Gasteiger charge is 2.38. The summed E-state index contributed by atoms with van der Waals surface area (Å²) in [6.45, 7) is 3.75. The van der Waals surface area contributed by atoms with Gasteiger partial charge in [-0.15, -0.1) is 11.6 Å². The fourth-order valence-electron chi connectivity index (χ4n) is 2.24. The number of aliphatic carboxylic acids is 2. The van der Waals surface area contributed by atoms with Gasteiger partial charge in [-0.05, 0) is 37.1 Å². The van der Waals surface area contributed by atoms with Gasteiger partial charge in [0.1, 0.15) is 5.75 Å². The number of rotatable bonds is 6. The highest BCUT2D eigenvalue weighted by molar-refractivity contribution is 6.25. The van der Waals surface area contributed by atoms with Crippen LogP contribution in [0.5, 0.6) is 5.75 Å². The second-order valence-corrected chi connectivity index (χ2v) is 6.46. The van der Waals surface area contributed by atoms with E-state index in [-0.39, 0.29) is 5.57 Å². The van der Waals surface area contributed by atoms with Crippen molar-refractivity contribution in [2.24, 2.45) is 0 Å². The Labute approximate surface area is 175 Å². The third-order valence-electron chi connectivity index (χ3n) is 3.70. The van der Waals surface area contributed by atoms with E-state index in [4.69, 9.17) is 26.2 Å². The molecule has 11 heteroatoms.